The Kier molecular flexibility index (Phi) is 2.68. The lowest BCUT2D eigenvalue weighted by molar-refractivity contribution is 0.195. The molecular formula is C11H16N2O. The minimum atomic E-state index is 0.640. The summed E-state index contributed by atoms with van der Waals surface area (Å²) >= 11 is 0. The van der Waals surface area contributed by atoms with E-state index >= 15 is 0 Å². The van der Waals surface area contributed by atoms with Gasteiger partial charge in [-0.2, -0.15) is 0 Å². The first-order valence-electron chi connectivity index (χ1n) is 4.99. The Morgan fingerprint density at radius 3 is 2.79 bits per heavy atom. The number of aryl methyl sites for hydroxylation is 1. The van der Waals surface area contributed by atoms with Crippen LogP contribution in [0.25, 0.3) is 0 Å². The molecule has 1 aliphatic rings. The Labute approximate surface area is 84.7 Å². The topological polar surface area (TPSA) is 25.4 Å². The molecule has 3 heteroatoms. The summed E-state index contributed by atoms with van der Waals surface area (Å²) in [5.74, 6) is 1.03. The van der Waals surface area contributed by atoms with Crippen molar-refractivity contribution < 1.29 is 4.74 Å². The Hall–Kier alpha value is -1.09. The minimum Gasteiger partial charge on any atom is -0.364 e. The van der Waals surface area contributed by atoms with E-state index in [9.17, 15) is 0 Å². The molecule has 0 N–H and O–H groups in total. The first-order chi connectivity index (χ1) is 6.81. The van der Waals surface area contributed by atoms with Gasteiger partial charge in [0.05, 0.1) is 0 Å². The number of ether oxygens (including phenoxy) is 1. The molecule has 0 saturated heterocycles. The number of nitrogens with zero attached hydrogens (tertiary/aromatic N) is 2. The highest BCUT2D eigenvalue weighted by atomic mass is 16.5. The van der Waals surface area contributed by atoms with Gasteiger partial charge in [0.25, 0.3) is 0 Å². The van der Waals surface area contributed by atoms with Crippen molar-refractivity contribution in [1.82, 2.24) is 4.98 Å². The van der Waals surface area contributed by atoms with Crippen LogP contribution in [0.3, 0.4) is 0 Å². The van der Waals surface area contributed by atoms with Crippen LogP contribution in [0.15, 0.2) is 18.3 Å². The van der Waals surface area contributed by atoms with Gasteiger partial charge in [0.1, 0.15) is 12.5 Å². The summed E-state index contributed by atoms with van der Waals surface area (Å²) in [5, 5.41) is 0. The molecule has 0 aliphatic heterocycles. The average molecular weight is 192 g/mol. The highest BCUT2D eigenvalue weighted by molar-refractivity contribution is 5.41. The second kappa shape index (κ2) is 3.96. The summed E-state index contributed by atoms with van der Waals surface area (Å²) < 4.78 is 5.18. The van der Waals surface area contributed by atoms with E-state index in [0.717, 1.165) is 5.82 Å². The Balaban J connectivity index is 2.13. The van der Waals surface area contributed by atoms with E-state index in [2.05, 4.69) is 28.9 Å². The lowest BCUT2D eigenvalue weighted by atomic mass is 10.3. The molecule has 0 amide bonds. The van der Waals surface area contributed by atoms with E-state index < -0.39 is 0 Å². The molecular weight excluding hydrogens is 176 g/mol. The second-order valence-corrected chi connectivity index (χ2v) is 3.81. The van der Waals surface area contributed by atoms with E-state index in [1.165, 1.54) is 18.4 Å². The first-order valence-corrected chi connectivity index (χ1v) is 4.99. The second-order valence-electron chi connectivity index (χ2n) is 3.81. The van der Waals surface area contributed by atoms with Crippen LogP contribution in [-0.2, 0) is 4.74 Å². The van der Waals surface area contributed by atoms with Crippen molar-refractivity contribution in [2.45, 2.75) is 25.8 Å². The first kappa shape index (κ1) is 9.46. The van der Waals surface area contributed by atoms with Crippen molar-refractivity contribution >= 4 is 5.82 Å². The summed E-state index contributed by atoms with van der Waals surface area (Å²) in [7, 11) is 1.73. The van der Waals surface area contributed by atoms with Gasteiger partial charge in [-0.05, 0) is 31.4 Å². The number of anilines is 1. The van der Waals surface area contributed by atoms with E-state index in [4.69, 9.17) is 4.74 Å². The number of hydrogen-bond donors (Lipinski definition) is 0. The molecule has 2 rings (SSSR count). The van der Waals surface area contributed by atoms with Gasteiger partial charge < -0.3 is 9.64 Å². The molecule has 76 valence electrons. The van der Waals surface area contributed by atoms with Crippen LogP contribution in [0, 0.1) is 6.92 Å². The predicted molar refractivity (Wildman–Crippen MR) is 56.4 cm³/mol. The standard InChI is InChI=1S/C11H16N2O/c1-9-3-6-11(12-7-9)13(8-14-2)10-4-5-10/h3,6-7,10H,4-5,8H2,1-2H3. The lowest BCUT2D eigenvalue weighted by Gasteiger charge is -2.22. The van der Waals surface area contributed by atoms with Crippen LogP contribution >= 0.6 is 0 Å². The van der Waals surface area contributed by atoms with Gasteiger partial charge in [0.15, 0.2) is 0 Å². The third-order valence-electron chi connectivity index (χ3n) is 2.45. The smallest absolute Gasteiger partial charge is 0.130 e. The SMILES string of the molecule is COCN(c1ccc(C)cn1)C1CC1. The highest BCUT2D eigenvalue weighted by Gasteiger charge is 2.29. The van der Waals surface area contributed by atoms with Gasteiger partial charge in [-0.25, -0.2) is 4.98 Å². The van der Waals surface area contributed by atoms with Gasteiger partial charge in [-0.15, -0.1) is 0 Å². The Morgan fingerprint density at radius 1 is 1.50 bits per heavy atom. The number of methoxy groups -OCH3 is 1. The van der Waals surface area contributed by atoms with Crippen LogP contribution in [0.4, 0.5) is 5.82 Å². The minimum absolute atomic E-state index is 0.640. The third kappa shape index (κ3) is 2.04. The molecule has 1 heterocycles. The summed E-state index contributed by atoms with van der Waals surface area (Å²) in [6.45, 7) is 2.69. The quantitative estimate of drug-likeness (QED) is 0.682. The number of aromatic nitrogens is 1. The zero-order chi connectivity index (χ0) is 9.97. The molecule has 0 aromatic carbocycles. The molecule has 1 aromatic heterocycles. The number of hydrogen-bond acceptors (Lipinski definition) is 3. The molecule has 0 spiro atoms. The fraction of sp³-hybridized carbons (Fsp3) is 0.545. The fourth-order valence-electron chi connectivity index (χ4n) is 1.51. The summed E-state index contributed by atoms with van der Waals surface area (Å²) in [5.41, 5.74) is 1.20. The summed E-state index contributed by atoms with van der Waals surface area (Å²) in [6, 6.07) is 4.80. The Morgan fingerprint density at radius 2 is 2.29 bits per heavy atom. The number of rotatable bonds is 4. The average Bonchev–Trinajstić information content (AvgIpc) is 2.99. The summed E-state index contributed by atoms with van der Waals surface area (Å²) in [4.78, 5) is 6.63. The van der Waals surface area contributed by atoms with Crippen molar-refractivity contribution in [3.05, 3.63) is 23.9 Å². The summed E-state index contributed by atoms with van der Waals surface area (Å²) in [6.07, 6.45) is 4.43. The zero-order valence-electron chi connectivity index (χ0n) is 8.73. The molecule has 0 radical (unpaired) electrons. The molecule has 0 bridgehead atoms. The Bertz CT molecular complexity index is 293. The van der Waals surface area contributed by atoms with E-state index in [-0.39, 0.29) is 0 Å². The van der Waals surface area contributed by atoms with E-state index in [1.54, 1.807) is 7.11 Å². The predicted octanol–water partition coefficient (Wildman–Crippen LogP) is 1.96. The van der Waals surface area contributed by atoms with Crippen LogP contribution in [0.2, 0.25) is 0 Å². The van der Waals surface area contributed by atoms with Crippen LogP contribution in [0.5, 0.6) is 0 Å². The monoisotopic (exact) mass is 192 g/mol. The van der Waals surface area contributed by atoms with Gasteiger partial charge in [-0.3, -0.25) is 0 Å². The van der Waals surface area contributed by atoms with Crippen molar-refractivity contribution in [2.75, 3.05) is 18.7 Å². The molecule has 14 heavy (non-hydrogen) atoms. The largest absolute Gasteiger partial charge is 0.364 e. The normalized spacial score (nSPS) is 15.6. The molecule has 1 aliphatic carbocycles. The highest BCUT2D eigenvalue weighted by Crippen LogP contribution is 2.30. The van der Waals surface area contributed by atoms with E-state index in [1.807, 2.05) is 6.20 Å². The maximum Gasteiger partial charge on any atom is 0.130 e. The van der Waals surface area contributed by atoms with Crippen LogP contribution in [-0.4, -0.2) is 24.9 Å². The van der Waals surface area contributed by atoms with Gasteiger partial charge >= 0.3 is 0 Å². The van der Waals surface area contributed by atoms with Gasteiger partial charge in [-0.1, -0.05) is 6.07 Å². The van der Waals surface area contributed by atoms with Crippen LogP contribution < -0.4 is 4.90 Å². The molecule has 1 saturated carbocycles. The van der Waals surface area contributed by atoms with Crippen molar-refractivity contribution in [3.8, 4) is 0 Å². The zero-order valence-corrected chi connectivity index (χ0v) is 8.73. The van der Waals surface area contributed by atoms with Crippen molar-refractivity contribution in [2.24, 2.45) is 0 Å². The lowest BCUT2D eigenvalue weighted by Crippen LogP contribution is -2.28. The molecule has 3 nitrogen and oxygen atoms in total. The van der Waals surface area contributed by atoms with Crippen molar-refractivity contribution in [1.29, 1.82) is 0 Å². The van der Waals surface area contributed by atoms with Crippen LogP contribution in [0.1, 0.15) is 18.4 Å². The van der Waals surface area contributed by atoms with Gasteiger partial charge in [0.2, 0.25) is 0 Å². The fourth-order valence-corrected chi connectivity index (χ4v) is 1.51. The van der Waals surface area contributed by atoms with Crippen molar-refractivity contribution in [3.63, 3.8) is 0 Å². The molecule has 0 unspecified atom stereocenters. The number of pyridine rings is 1. The maximum atomic E-state index is 5.18. The van der Waals surface area contributed by atoms with Gasteiger partial charge in [0, 0.05) is 19.3 Å². The molecule has 1 aromatic rings. The van der Waals surface area contributed by atoms with E-state index in [0.29, 0.717) is 12.8 Å². The third-order valence-corrected chi connectivity index (χ3v) is 2.45. The maximum absolute atomic E-state index is 5.18. The molecule has 1 fully saturated rings. The molecule has 0 atom stereocenters.